The number of carbonyl (C=O) groups is 2. The number of ether oxygens (including phenoxy) is 2. The van der Waals surface area contributed by atoms with Crippen LogP contribution in [0.1, 0.15) is 61.4 Å². The van der Waals surface area contributed by atoms with Gasteiger partial charge in [0.1, 0.15) is 5.60 Å². The van der Waals surface area contributed by atoms with Crippen molar-refractivity contribution in [3.63, 3.8) is 0 Å². The third kappa shape index (κ3) is 2.55. The molecular formula is C23H28O4. The van der Waals surface area contributed by atoms with E-state index < -0.39 is 5.41 Å². The fourth-order valence-electron chi connectivity index (χ4n) is 6.91. The molecule has 5 fully saturated rings. The summed E-state index contributed by atoms with van der Waals surface area (Å²) >= 11 is 0. The molecule has 1 spiro atoms. The molecule has 5 aliphatic rings. The minimum Gasteiger partial charge on any atom is -0.465 e. The third-order valence-corrected chi connectivity index (χ3v) is 7.93. The Morgan fingerprint density at radius 2 is 1.67 bits per heavy atom. The summed E-state index contributed by atoms with van der Waals surface area (Å²) in [5.41, 5.74) is 0.939. The van der Waals surface area contributed by atoms with Crippen LogP contribution in [0.5, 0.6) is 0 Å². The monoisotopic (exact) mass is 368 g/mol. The molecule has 1 heterocycles. The summed E-state index contributed by atoms with van der Waals surface area (Å²) in [6.45, 7) is 2.07. The lowest BCUT2D eigenvalue weighted by Gasteiger charge is -2.59. The first-order valence-corrected chi connectivity index (χ1v) is 10.3. The van der Waals surface area contributed by atoms with E-state index in [4.69, 9.17) is 9.47 Å². The Morgan fingerprint density at radius 1 is 1.07 bits per heavy atom. The predicted molar refractivity (Wildman–Crippen MR) is 100 cm³/mol. The van der Waals surface area contributed by atoms with E-state index in [1.165, 1.54) is 39.2 Å². The first-order valence-electron chi connectivity index (χ1n) is 10.3. The lowest BCUT2D eigenvalue weighted by Crippen LogP contribution is -2.57. The van der Waals surface area contributed by atoms with Crippen LogP contribution in [0, 0.1) is 29.1 Å². The van der Waals surface area contributed by atoms with Crippen molar-refractivity contribution < 1.29 is 19.1 Å². The van der Waals surface area contributed by atoms with Crippen LogP contribution in [0.15, 0.2) is 24.3 Å². The van der Waals surface area contributed by atoms with Gasteiger partial charge >= 0.3 is 11.9 Å². The molecule has 6 rings (SSSR count). The van der Waals surface area contributed by atoms with E-state index >= 15 is 0 Å². The number of benzene rings is 1. The average molecular weight is 368 g/mol. The summed E-state index contributed by atoms with van der Waals surface area (Å²) in [4.78, 5) is 24.7. The van der Waals surface area contributed by atoms with Gasteiger partial charge in [-0.3, -0.25) is 4.79 Å². The number of rotatable bonds is 3. The van der Waals surface area contributed by atoms with Crippen LogP contribution in [0.3, 0.4) is 0 Å². The molecule has 1 aromatic carbocycles. The highest BCUT2D eigenvalue weighted by Crippen LogP contribution is 2.64. The molecule has 1 saturated heterocycles. The summed E-state index contributed by atoms with van der Waals surface area (Å²) in [6.07, 6.45) is 7.94. The highest BCUT2D eigenvalue weighted by Gasteiger charge is 2.66. The van der Waals surface area contributed by atoms with Gasteiger partial charge in [0.2, 0.25) is 0 Å². The average Bonchev–Trinajstić information content (AvgIpc) is 2.91. The highest BCUT2D eigenvalue weighted by molar-refractivity contribution is 5.89. The summed E-state index contributed by atoms with van der Waals surface area (Å²) in [6, 6.07) is 7.44. The van der Waals surface area contributed by atoms with Gasteiger partial charge in [0.25, 0.3) is 0 Å². The van der Waals surface area contributed by atoms with Crippen molar-refractivity contribution in [1.82, 2.24) is 0 Å². The smallest absolute Gasteiger partial charge is 0.337 e. The molecule has 4 heteroatoms. The van der Waals surface area contributed by atoms with Gasteiger partial charge in [0.05, 0.1) is 18.1 Å². The van der Waals surface area contributed by atoms with E-state index in [-0.39, 0.29) is 17.5 Å². The van der Waals surface area contributed by atoms with Crippen molar-refractivity contribution in [2.75, 3.05) is 7.11 Å². The Balaban J connectivity index is 1.37. The molecule has 4 aliphatic carbocycles. The SMILES string of the molecule is COC(=O)c1ccc(CC2(C)CC3(OC2=O)C2CC4CC(C2)CC3C4)cc1. The maximum Gasteiger partial charge on any atom is 0.337 e. The van der Waals surface area contributed by atoms with Crippen LogP contribution in [0.4, 0.5) is 0 Å². The van der Waals surface area contributed by atoms with Crippen LogP contribution in [-0.2, 0) is 20.7 Å². The largest absolute Gasteiger partial charge is 0.465 e. The summed E-state index contributed by atoms with van der Waals surface area (Å²) in [7, 11) is 1.39. The number of carbonyl (C=O) groups excluding carboxylic acids is 2. The van der Waals surface area contributed by atoms with Gasteiger partial charge in [0.15, 0.2) is 0 Å². The van der Waals surface area contributed by atoms with Gasteiger partial charge in [-0.05, 0) is 86.8 Å². The van der Waals surface area contributed by atoms with Gasteiger partial charge < -0.3 is 9.47 Å². The quantitative estimate of drug-likeness (QED) is 0.752. The summed E-state index contributed by atoms with van der Waals surface area (Å²) in [5, 5.41) is 0. The van der Waals surface area contributed by atoms with Crippen LogP contribution >= 0.6 is 0 Å². The molecule has 1 atom stereocenters. The molecule has 1 aromatic rings. The standard InChI is InChI=1S/C23H28O4/c1-22(12-14-3-5-17(6-4-14)20(24)26-2)13-23(27-21(22)25)18-8-15-7-16(10-18)11-19(23)9-15/h3-6,15-16,18-19H,7-13H2,1-2H3. The van der Waals surface area contributed by atoms with Crippen LogP contribution < -0.4 is 0 Å². The van der Waals surface area contributed by atoms with Crippen LogP contribution in [-0.4, -0.2) is 24.6 Å². The third-order valence-electron chi connectivity index (χ3n) is 7.93. The highest BCUT2D eigenvalue weighted by atomic mass is 16.6. The Morgan fingerprint density at radius 3 is 2.22 bits per heavy atom. The molecule has 4 bridgehead atoms. The molecule has 1 unspecified atom stereocenters. The molecule has 0 amide bonds. The predicted octanol–water partition coefficient (Wildman–Crippen LogP) is 4.16. The van der Waals surface area contributed by atoms with Gasteiger partial charge in [-0.2, -0.15) is 0 Å². The van der Waals surface area contributed by atoms with Crippen molar-refractivity contribution in [3.8, 4) is 0 Å². The Bertz CT molecular complexity index is 752. The molecule has 0 N–H and O–H groups in total. The molecule has 27 heavy (non-hydrogen) atoms. The molecule has 1 aliphatic heterocycles. The van der Waals surface area contributed by atoms with Crippen molar-refractivity contribution >= 4 is 11.9 Å². The van der Waals surface area contributed by atoms with E-state index in [1.54, 1.807) is 12.1 Å². The molecule has 144 valence electrons. The second kappa shape index (κ2) is 5.83. The zero-order valence-electron chi connectivity index (χ0n) is 16.2. The first kappa shape index (κ1) is 17.3. The van der Waals surface area contributed by atoms with Crippen molar-refractivity contribution in [1.29, 1.82) is 0 Å². The zero-order chi connectivity index (χ0) is 18.8. The van der Waals surface area contributed by atoms with Crippen molar-refractivity contribution in [3.05, 3.63) is 35.4 Å². The van der Waals surface area contributed by atoms with E-state index in [0.29, 0.717) is 23.8 Å². The summed E-state index contributed by atoms with van der Waals surface area (Å²) < 4.78 is 11.0. The number of hydrogen-bond acceptors (Lipinski definition) is 4. The van der Waals surface area contributed by atoms with Crippen molar-refractivity contribution in [2.24, 2.45) is 29.1 Å². The maximum absolute atomic E-state index is 13.0. The van der Waals surface area contributed by atoms with Gasteiger partial charge in [-0.25, -0.2) is 4.79 Å². The molecule has 4 saturated carbocycles. The lowest BCUT2D eigenvalue weighted by molar-refractivity contribution is -0.191. The van der Waals surface area contributed by atoms with E-state index in [2.05, 4.69) is 6.92 Å². The second-order valence-corrected chi connectivity index (χ2v) is 9.75. The van der Waals surface area contributed by atoms with E-state index in [9.17, 15) is 9.59 Å². The Kier molecular flexibility index (Phi) is 3.73. The Labute approximate surface area is 160 Å². The van der Waals surface area contributed by atoms with Crippen molar-refractivity contribution in [2.45, 2.75) is 57.5 Å². The molecule has 4 nitrogen and oxygen atoms in total. The maximum atomic E-state index is 13.0. The fourth-order valence-corrected chi connectivity index (χ4v) is 6.91. The number of hydrogen-bond donors (Lipinski definition) is 0. The topological polar surface area (TPSA) is 52.6 Å². The molecular weight excluding hydrogens is 340 g/mol. The molecule has 0 radical (unpaired) electrons. The minimum absolute atomic E-state index is 0.0213. The van der Waals surface area contributed by atoms with Gasteiger partial charge in [-0.15, -0.1) is 0 Å². The van der Waals surface area contributed by atoms with Crippen LogP contribution in [0.2, 0.25) is 0 Å². The van der Waals surface area contributed by atoms with Gasteiger partial charge in [0, 0.05) is 6.42 Å². The molecule has 0 aromatic heterocycles. The Hall–Kier alpha value is -1.84. The first-order chi connectivity index (χ1) is 12.9. The summed E-state index contributed by atoms with van der Waals surface area (Å²) in [5.74, 6) is 2.53. The lowest BCUT2D eigenvalue weighted by atomic mass is 9.48. The zero-order valence-corrected chi connectivity index (χ0v) is 16.2. The van der Waals surface area contributed by atoms with E-state index in [0.717, 1.165) is 23.8 Å². The fraction of sp³-hybridized carbons (Fsp3) is 0.652. The second-order valence-electron chi connectivity index (χ2n) is 9.75. The van der Waals surface area contributed by atoms with E-state index in [1.807, 2.05) is 12.1 Å². The minimum atomic E-state index is -0.470. The van der Waals surface area contributed by atoms with Crippen LogP contribution in [0.25, 0.3) is 0 Å². The number of esters is 2. The van der Waals surface area contributed by atoms with Gasteiger partial charge in [-0.1, -0.05) is 12.1 Å². The normalized spacial score (nSPS) is 41.8. The number of methoxy groups -OCH3 is 1.